The molecule has 0 fully saturated rings. The molecule has 0 saturated carbocycles. The first kappa shape index (κ1) is 11.7. The molecule has 2 aromatic heterocycles. The molecule has 0 spiro atoms. The minimum Gasteiger partial charge on any atom is -0.369 e. The summed E-state index contributed by atoms with van der Waals surface area (Å²) in [4.78, 5) is 12.7. The summed E-state index contributed by atoms with van der Waals surface area (Å²) in [7, 11) is 0. The zero-order chi connectivity index (χ0) is 12.1. The molecule has 17 heavy (non-hydrogen) atoms. The summed E-state index contributed by atoms with van der Waals surface area (Å²) >= 11 is 0. The van der Waals surface area contributed by atoms with Crippen LogP contribution >= 0.6 is 0 Å². The van der Waals surface area contributed by atoms with Crippen molar-refractivity contribution in [3.8, 4) is 0 Å². The number of nitrogens with one attached hydrogen (secondary N) is 2. The van der Waals surface area contributed by atoms with Gasteiger partial charge in [0.15, 0.2) is 5.65 Å². The van der Waals surface area contributed by atoms with Crippen molar-refractivity contribution in [2.75, 3.05) is 18.4 Å². The van der Waals surface area contributed by atoms with E-state index in [0.29, 0.717) is 11.7 Å². The van der Waals surface area contributed by atoms with Crippen LogP contribution in [0.3, 0.4) is 0 Å². The van der Waals surface area contributed by atoms with Gasteiger partial charge in [0, 0.05) is 31.5 Å². The maximum atomic E-state index is 4.38. The van der Waals surface area contributed by atoms with Crippen molar-refractivity contribution in [2.24, 2.45) is 0 Å². The van der Waals surface area contributed by atoms with Crippen molar-refractivity contribution >= 4 is 17.0 Å². The van der Waals surface area contributed by atoms with E-state index in [4.69, 9.17) is 0 Å². The minimum absolute atomic E-state index is 0.507. The molecule has 0 aliphatic heterocycles. The number of fused-ring (bicyclic) bond motifs is 1. The molecule has 0 saturated heterocycles. The summed E-state index contributed by atoms with van der Waals surface area (Å²) in [6.07, 6.45) is 3.32. The number of hydrogen-bond acceptors (Lipinski definition) is 5. The van der Waals surface area contributed by atoms with Gasteiger partial charge >= 0.3 is 0 Å². The van der Waals surface area contributed by atoms with Gasteiger partial charge in [-0.05, 0) is 12.1 Å². The highest BCUT2D eigenvalue weighted by Crippen LogP contribution is 2.09. The van der Waals surface area contributed by atoms with Crippen LogP contribution in [-0.4, -0.2) is 34.1 Å². The zero-order valence-electron chi connectivity index (χ0n) is 10.1. The van der Waals surface area contributed by atoms with Gasteiger partial charge in [0.2, 0.25) is 0 Å². The lowest BCUT2D eigenvalue weighted by atomic mass is 10.4. The van der Waals surface area contributed by atoms with Gasteiger partial charge in [-0.25, -0.2) is 9.97 Å². The molecule has 0 amide bonds. The molecular weight excluding hydrogens is 214 g/mol. The van der Waals surface area contributed by atoms with Crippen LogP contribution in [0.25, 0.3) is 11.2 Å². The lowest BCUT2D eigenvalue weighted by molar-refractivity contribution is 0.602. The van der Waals surface area contributed by atoms with Gasteiger partial charge in [-0.1, -0.05) is 13.8 Å². The number of anilines is 1. The van der Waals surface area contributed by atoms with E-state index >= 15 is 0 Å². The number of hydrogen-bond donors (Lipinski definition) is 2. The Morgan fingerprint density at radius 1 is 1.12 bits per heavy atom. The van der Waals surface area contributed by atoms with E-state index in [1.54, 1.807) is 12.4 Å². The van der Waals surface area contributed by atoms with Gasteiger partial charge in [-0.15, -0.1) is 0 Å². The van der Waals surface area contributed by atoms with E-state index < -0.39 is 0 Å². The van der Waals surface area contributed by atoms with Crippen molar-refractivity contribution in [2.45, 2.75) is 19.9 Å². The average molecular weight is 231 g/mol. The van der Waals surface area contributed by atoms with Crippen LogP contribution in [0.2, 0.25) is 0 Å². The molecule has 0 radical (unpaired) electrons. The lowest BCUT2D eigenvalue weighted by Gasteiger charge is -2.09. The number of nitrogens with zero attached hydrogens (tertiary/aromatic N) is 3. The van der Waals surface area contributed by atoms with E-state index in [2.05, 4.69) is 39.4 Å². The number of pyridine rings is 1. The second kappa shape index (κ2) is 5.54. The quantitative estimate of drug-likeness (QED) is 0.762. The Labute approximate surface area is 101 Å². The maximum Gasteiger partial charge on any atom is 0.180 e. The summed E-state index contributed by atoms with van der Waals surface area (Å²) in [5.41, 5.74) is 1.49. The Kier molecular flexibility index (Phi) is 3.82. The van der Waals surface area contributed by atoms with Gasteiger partial charge in [0.05, 0.1) is 0 Å². The minimum atomic E-state index is 0.507. The molecule has 0 aliphatic carbocycles. The third-order valence-corrected chi connectivity index (χ3v) is 2.32. The molecule has 2 aromatic rings. The van der Waals surface area contributed by atoms with Gasteiger partial charge in [-0.3, -0.25) is 4.98 Å². The smallest absolute Gasteiger partial charge is 0.180 e. The Hall–Kier alpha value is -1.75. The van der Waals surface area contributed by atoms with Crippen LogP contribution in [0.5, 0.6) is 0 Å². The van der Waals surface area contributed by atoms with Crippen LogP contribution < -0.4 is 10.6 Å². The molecule has 2 rings (SSSR count). The Bertz CT molecular complexity index is 483. The Balaban J connectivity index is 1.95. The van der Waals surface area contributed by atoms with E-state index in [0.717, 1.165) is 24.4 Å². The largest absolute Gasteiger partial charge is 0.369 e. The van der Waals surface area contributed by atoms with Crippen molar-refractivity contribution in [3.05, 3.63) is 24.5 Å². The highest BCUT2D eigenvalue weighted by atomic mass is 15.0. The molecule has 5 nitrogen and oxygen atoms in total. The van der Waals surface area contributed by atoms with Crippen molar-refractivity contribution in [1.82, 2.24) is 20.3 Å². The fourth-order valence-electron chi connectivity index (χ4n) is 1.50. The van der Waals surface area contributed by atoms with Gasteiger partial charge in [0.1, 0.15) is 11.3 Å². The van der Waals surface area contributed by atoms with Gasteiger partial charge in [0.25, 0.3) is 0 Å². The van der Waals surface area contributed by atoms with Crippen LogP contribution in [0.4, 0.5) is 5.82 Å². The second-order valence-electron chi connectivity index (χ2n) is 4.13. The average Bonchev–Trinajstić information content (AvgIpc) is 2.34. The first-order chi connectivity index (χ1) is 8.25. The summed E-state index contributed by atoms with van der Waals surface area (Å²) < 4.78 is 0. The van der Waals surface area contributed by atoms with E-state index in [1.165, 1.54) is 0 Å². The van der Waals surface area contributed by atoms with Crippen LogP contribution in [0.15, 0.2) is 24.5 Å². The molecule has 5 heteroatoms. The number of rotatable bonds is 5. The van der Waals surface area contributed by atoms with E-state index in [-0.39, 0.29) is 0 Å². The monoisotopic (exact) mass is 231 g/mol. The topological polar surface area (TPSA) is 62.7 Å². The van der Waals surface area contributed by atoms with Gasteiger partial charge < -0.3 is 10.6 Å². The third kappa shape index (κ3) is 3.35. The summed E-state index contributed by atoms with van der Waals surface area (Å²) in [6, 6.07) is 4.35. The fraction of sp³-hybridized carbons (Fsp3) is 0.417. The normalized spacial score (nSPS) is 11.0. The van der Waals surface area contributed by atoms with Gasteiger partial charge in [-0.2, -0.15) is 0 Å². The highest BCUT2D eigenvalue weighted by Gasteiger charge is 1.99. The summed E-state index contributed by atoms with van der Waals surface area (Å²) in [6.45, 7) is 6.02. The van der Waals surface area contributed by atoms with Crippen molar-refractivity contribution in [3.63, 3.8) is 0 Å². The van der Waals surface area contributed by atoms with Crippen molar-refractivity contribution < 1.29 is 0 Å². The Morgan fingerprint density at radius 3 is 2.76 bits per heavy atom. The standard InChI is InChI=1S/C12H17N5/c1-9(2)13-5-7-15-11-4-3-10-12(17-11)16-8-6-14-10/h3-4,6,8-9,13H,5,7H2,1-2H3,(H,15,16,17). The van der Waals surface area contributed by atoms with E-state index in [1.807, 2.05) is 12.1 Å². The molecule has 0 unspecified atom stereocenters. The van der Waals surface area contributed by atoms with Crippen LogP contribution in [0, 0.1) is 0 Å². The third-order valence-electron chi connectivity index (χ3n) is 2.32. The van der Waals surface area contributed by atoms with E-state index in [9.17, 15) is 0 Å². The maximum absolute atomic E-state index is 4.38. The molecule has 0 aliphatic rings. The molecular formula is C12H17N5. The second-order valence-corrected chi connectivity index (χ2v) is 4.13. The Morgan fingerprint density at radius 2 is 1.94 bits per heavy atom. The molecule has 0 aromatic carbocycles. The molecule has 2 N–H and O–H groups in total. The summed E-state index contributed by atoms with van der Waals surface area (Å²) in [5.74, 6) is 0.837. The molecule has 90 valence electrons. The molecule has 0 bridgehead atoms. The SMILES string of the molecule is CC(C)NCCNc1ccc2nccnc2n1. The van der Waals surface area contributed by atoms with Crippen molar-refractivity contribution in [1.29, 1.82) is 0 Å². The van der Waals surface area contributed by atoms with Crippen LogP contribution in [0.1, 0.15) is 13.8 Å². The summed E-state index contributed by atoms with van der Waals surface area (Å²) in [5, 5.41) is 6.59. The zero-order valence-corrected chi connectivity index (χ0v) is 10.1. The first-order valence-corrected chi connectivity index (χ1v) is 5.81. The lowest BCUT2D eigenvalue weighted by Crippen LogP contribution is -2.28. The molecule has 0 atom stereocenters. The fourth-order valence-corrected chi connectivity index (χ4v) is 1.50. The molecule has 2 heterocycles. The predicted octanol–water partition coefficient (Wildman–Crippen LogP) is 1.43. The predicted molar refractivity (Wildman–Crippen MR) is 69.0 cm³/mol. The number of aromatic nitrogens is 3. The highest BCUT2D eigenvalue weighted by molar-refractivity contribution is 5.71. The van der Waals surface area contributed by atoms with Crippen LogP contribution in [-0.2, 0) is 0 Å². The first-order valence-electron chi connectivity index (χ1n) is 5.81.